The van der Waals surface area contributed by atoms with E-state index in [-0.39, 0.29) is 11.3 Å². The second-order valence-corrected chi connectivity index (χ2v) is 7.04. The molecule has 3 rings (SSSR count). The number of fused-ring (bicyclic) bond motifs is 1. The number of aromatic nitrogens is 2. The van der Waals surface area contributed by atoms with Crippen LogP contribution in [0.4, 0.5) is 5.69 Å². The minimum atomic E-state index is -0.0653. The molecule has 1 aromatic heterocycles. The van der Waals surface area contributed by atoms with Crippen molar-refractivity contribution in [3.63, 3.8) is 0 Å². The van der Waals surface area contributed by atoms with Gasteiger partial charge in [-0.3, -0.25) is 4.79 Å². The van der Waals surface area contributed by atoms with Gasteiger partial charge in [0.15, 0.2) is 0 Å². The summed E-state index contributed by atoms with van der Waals surface area (Å²) in [5.74, 6) is 0.815. The molecule has 23 heavy (non-hydrogen) atoms. The van der Waals surface area contributed by atoms with Crippen molar-refractivity contribution in [2.75, 3.05) is 25.0 Å². The molecule has 0 saturated heterocycles. The molecule has 0 spiro atoms. The smallest absolute Gasteiger partial charge is 0.271 e. The first kappa shape index (κ1) is 15.6. The zero-order chi connectivity index (χ0) is 16.4. The lowest BCUT2D eigenvalue weighted by Crippen LogP contribution is -2.32. The van der Waals surface area contributed by atoms with Crippen LogP contribution >= 0.6 is 0 Å². The summed E-state index contributed by atoms with van der Waals surface area (Å²) in [6, 6.07) is 10.3. The van der Waals surface area contributed by atoms with Gasteiger partial charge in [-0.05, 0) is 24.0 Å². The minimum absolute atomic E-state index is 0.0472. The van der Waals surface area contributed by atoms with E-state index in [2.05, 4.69) is 53.2 Å². The largest absolute Gasteiger partial charge is 0.374 e. The Morgan fingerprint density at radius 2 is 2.00 bits per heavy atom. The number of likely N-dealkylation sites (N-methyl/N-ethyl adjacent to an activating group) is 1. The number of benzene rings is 1. The number of H-pyrrole nitrogens is 1. The van der Waals surface area contributed by atoms with Crippen LogP contribution in [0.2, 0.25) is 0 Å². The molecule has 1 amide bonds. The average Bonchev–Trinajstić information content (AvgIpc) is 2.89. The fraction of sp³-hybridized carbons (Fsp3) is 0.444. The van der Waals surface area contributed by atoms with Crippen molar-refractivity contribution in [3.05, 3.63) is 47.5 Å². The lowest BCUT2D eigenvalue weighted by molar-refractivity contribution is 0.0940. The van der Waals surface area contributed by atoms with Crippen molar-refractivity contribution < 1.29 is 4.79 Å². The second kappa shape index (κ2) is 6.07. The number of amides is 1. The first-order valence-corrected chi connectivity index (χ1v) is 8.07. The highest BCUT2D eigenvalue weighted by molar-refractivity contribution is 5.93. The van der Waals surface area contributed by atoms with E-state index in [1.54, 1.807) is 0 Å². The summed E-state index contributed by atoms with van der Waals surface area (Å²) in [7, 11) is 2.07. The highest BCUT2D eigenvalue weighted by Gasteiger charge is 2.29. The molecule has 5 nitrogen and oxygen atoms in total. The van der Waals surface area contributed by atoms with Gasteiger partial charge in [0.25, 0.3) is 5.91 Å². The van der Waals surface area contributed by atoms with Crippen LogP contribution in [0.25, 0.3) is 0 Å². The van der Waals surface area contributed by atoms with E-state index in [9.17, 15) is 4.79 Å². The average molecular weight is 312 g/mol. The van der Waals surface area contributed by atoms with Gasteiger partial charge in [0, 0.05) is 37.9 Å². The second-order valence-electron chi connectivity index (χ2n) is 7.04. The Balaban J connectivity index is 1.71. The van der Waals surface area contributed by atoms with Gasteiger partial charge in [0.2, 0.25) is 0 Å². The number of anilines is 1. The number of hydrogen-bond donors (Lipinski definition) is 2. The van der Waals surface area contributed by atoms with Crippen molar-refractivity contribution >= 4 is 11.6 Å². The lowest BCUT2D eigenvalue weighted by atomic mass is 9.88. The van der Waals surface area contributed by atoms with E-state index in [4.69, 9.17) is 0 Å². The molecule has 2 heterocycles. The Morgan fingerprint density at radius 1 is 1.26 bits per heavy atom. The van der Waals surface area contributed by atoms with Crippen molar-refractivity contribution in [3.8, 4) is 0 Å². The molecular formula is C18H24N4O. The molecule has 2 aromatic rings. The predicted octanol–water partition coefficient (Wildman–Crippen LogP) is 2.40. The van der Waals surface area contributed by atoms with E-state index in [1.165, 1.54) is 5.69 Å². The fourth-order valence-electron chi connectivity index (χ4n) is 2.93. The van der Waals surface area contributed by atoms with Gasteiger partial charge in [-0.15, -0.1) is 0 Å². The molecule has 1 aliphatic heterocycles. The van der Waals surface area contributed by atoms with Crippen LogP contribution < -0.4 is 10.2 Å². The van der Waals surface area contributed by atoms with Crippen LogP contribution in [0.5, 0.6) is 0 Å². The highest BCUT2D eigenvalue weighted by Crippen LogP contribution is 2.25. The quantitative estimate of drug-likeness (QED) is 0.911. The third-order valence-corrected chi connectivity index (χ3v) is 4.31. The summed E-state index contributed by atoms with van der Waals surface area (Å²) < 4.78 is 0. The maximum atomic E-state index is 12.2. The summed E-state index contributed by atoms with van der Waals surface area (Å²) in [5, 5.41) is 2.96. The maximum absolute atomic E-state index is 12.2. The Morgan fingerprint density at radius 3 is 2.74 bits per heavy atom. The first-order chi connectivity index (χ1) is 10.9. The van der Waals surface area contributed by atoms with Gasteiger partial charge in [-0.25, -0.2) is 4.98 Å². The first-order valence-electron chi connectivity index (χ1n) is 8.07. The van der Waals surface area contributed by atoms with Crippen molar-refractivity contribution in [1.82, 2.24) is 15.3 Å². The van der Waals surface area contributed by atoms with Crippen LogP contribution in [-0.4, -0.2) is 36.0 Å². The van der Waals surface area contributed by atoms with Crippen LogP contribution in [0.3, 0.4) is 0 Å². The topological polar surface area (TPSA) is 61.0 Å². The zero-order valence-electron chi connectivity index (χ0n) is 14.0. The Labute approximate surface area is 137 Å². The summed E-state index contributed by atoms with van der Waals surface area (Å²) in [4.78, 5) is 22.3. The van der Waals surface area contributed by atoms with Gasteiger partial charge in [-0.2, -0.15) is 0 Å². The van der Waals surface area contributed by atoms with E-state index in [0.717, 1.165) is 30.9 Å². The van der Waals surface area contributed by atoms with Gasteiger partial charge in [-0.1, -0.05) is 32.0 Å². The van der Waals surface area contributed by atoms with E-state index >= 15 is 0 Å². The Kier molecular flexibility index (Phi) is 4.11. The molecule has 0 atom stereocenters. The molecule has 1 aliphatic rings. The van der Waals surface area contributed by atoms with Gasteiger partial charge < -0.3 is 15.2 Å². The van der Waals surface area contributed by atoms with Crippen molar-refractivity contribution in [2.45, 2.75) is 26.7 Å². The molecule has 122 valence electrons. The van der Waals surface area contributed by atoms with Crippen LogP contribution in [-0.2, 0) is 12.8 Å². The van der Waals surface area contributed by atoms with Gasteiger partial charge in [0.05, 0.1) is 0 Å². The van der Waals surface area contributed by atoms with E-state index in [0.29, 0.717) is 12.2 Å². The molecule has 0 fully saturated rings. The summed E-state index contributed by atoms with van der Waals surface area (Å²) in [6.07, 6.45) is 1.62. The molecular weight excluding hydrogens is 288 g/mol. The molecule has 0 aliphatic carbocycles. The van der Waals surface area contributed by atoms with Crippen LogP contribution in [0.15, 0.2) is 30.3 Å². The van der Waals surface area contributed by atoms with Gasteiger partial charge >= 0.3 is 0 Å². The number of nitrogens with one attached hydrogen (secondary N) is 2. The molecule has 0 radical (unpaired) electrons. The van der Waals surface area contributed by atoms with Gasteiger partial charge in [0.1, 0.15) is 11.5 Å². The fourth-order valence-corrected chi connectivity index (χ4v) is 2.93. The normalized spacial score (nSPS) is 16.4. The number of rotatable bonds is 4. The molecule has 1 aromatic carbocycles. The summed E-state index contributed by atoms with van der Waals surface area (Å²) in [6.45, 7) is 5.85. The lowest BCUT2D eigenvalue weighted by Gasteiger charge is -2.21. The molecule has 0 unspecified atom stereocenters. The summed E-state index contributed by atoms with van der Waals surface area (Å²) >= 11 is 0. The molecule has 5 heteroatoms. The van der Waals surface area contributed by atoms with E-state index < -0.39 is 0 Å². The Hall–Kier alpha value is -2.30. The van der Waals surface area contributed by atoms with Crippen molar-refractivity contribution in [2.24, 2.45) is 5.41 Å². The number of nitrogens with zero attached hydrogens (tertiary/aromatic N) is 2. The summed E-state index contributed by atoms with van der Waals surface area (Å²) in [5.41, 5.74) is 2.75. The third-order valence-electron chi connectivity index (χ3n) is 4.31. The number of carbonyl (C=O) groups excluding carboxylic acids is 1. The Bertz CT molecular complexity index is 690. The standard InChI is InChI=1S/C18H24N4O/c1-18(2)11-14-16(17(23)19-12-18)21-15(20-14)9-10-22(3)13-7-5-4-6-8-13/h4-8H,9-12H2,1-3H3,(H,19,23)(H,20,21). The monoisotopic (exact) mass is 312 g/mol. The minimum Gasteiger partial charge on any atom is -0.374 e. The number of aromatic amines is 1. The third kappa shape index (κ3) is 3.55. The predicted molar refractivity (Wildman–Crippen MR) is 91.8 cm³/mol. The molecule has 0 saturated carbocycles. The van der Waals surface area contributed by atoms with Crippen LogP contribution in [0.1, 0.15) is 35.9 Å². The molecule has 2 N–H and O–H groups in total. The maximum Gasteiger partial charge on any atom is 0.271 e. The molecule has 0 bridgehead atoms. The zero-order valence-corrected chi connectivity index (χ0v) is 14.0. The van der Waals surface area contributed by atoms with Crippen LogP contribution in [0, 0.1) is 5.41 Å². The van der Waals surface area contributed by atoms with Crippen molar-refractivity contribution in [1.29, 1.82) is 0 Å². The number of imidazole rings is 1. The number of hydrogen-bond acceptors (Lipinski definition) is 3. The number of para-hydroxylation sites is 1. The highest BCUT2D eigenvalue weighted by atomic mass is 16.1. The number of carbonyl (C=O) groups is 1. The van der Waals surface area contributed by atoms with E-state index in [1.807, 2.05) is 18.2 Å². The SMILES string of the molecule is CN(CCc1nc2c([nH]1)CC(C)(C)CNC2=O)c1ccccc1.